The average molecular weight is 454 g/mol. The lowest BCUT2D eigenvalue weighted by atomic mass is 10.1. The Labute approximate surface area is 179 Å². The third-order valence-corrected chi connectivity index (χ3v) is 6.15. The van der Waals surface area contributed by atoms with Gasteiger partial charge >= 0.3 is 6.18 Å². The zero-order chi connectivity index (χ0) is 21.9. The van der Waals surface area contributed by atoms with Gasteiger partial charge in [0.15, 0.2) is 0 Å². The van der Waals surface area contributed by atoms with Crippen molar-refractivity contribution in [2.45, 2.75) is 20.0 Å². The highest BCUT2D eigenvalue weighted by Crippen LogP contribution is 2.34. The predicted octanol–water partition coefficient (Wildman–Crippen LogP) is 5.30. The van der Waals surface area contributed by atoms with E-state index < -0.39 is 17.6 Å². The molecule has 0 spiro atoms. The molecule has 2 heterocycles. The molecule has 0 aliphatic heterocycles. The number of hydrogen-bond donors (Lipinski definition) is 1. The average Bonchev–Trinajstić information content (AvgIpc) is 3.35. The van der Waals surface area contributed by atoms with Crippen molar-refractivity contribution in [3.63, 3.8) is 0 Å². The van der Waals surface area contributed by atoms with E-state index in [4.69, 9.17) is 0 Å². The van der Waals surface area contributed by atoms with Crippen molar-refractivity contribution in [3.05, 3.63) is 57.2 Å². The van der Waals surface area contributed by atoms with Crippen LogP contribution in [0.4, 0.5) is 18.9 Å². The van der Waals surface area contributed by atoms with E-state index >= 15 is 0 Å². The van der Waals surface area contributed by atoms with Crippen LogP contribution in [0, 0.1) is 6.92 Å². The second-order valence-electron chi connectivity index (χ2n) is 6.36. The summed E-state index contributed by atoms with van der Waals surface area (Å²) in [6.07, 6.45) is -4.60. The number of rotatable bonds is 6. The molecule has 0 atom stereocenters. The summed E-state index contributed by atoms with van der Waals surface area (Å²) in [7, 11) is 0. The molecule has 0 saturated heterocycles. The van der Waals surface area contributed by atoms with Gasteiger partial charge in [0.25, 0.3) is 5.91 Å². The number of carbonyl (C=O) groups is 2. The lowest BCUT2D eigenvalue weighted by Crippen LogP contribution is -2.38. The van der Waals surface area contributed by atoms with E-state index in [1.54, 1.807) is 13.8 Å². The monoisotopic (exact) mass is 453 g/mol. The van der Waals surface area contributed by atoms with E-state index in [2.05, 4.69) is 10.3 Å². The highest BCUT2D eigenvalue weighted by molar-refractivity contribution is 7.17. The lowest BCUT2D eigenvalue weighted by molar-refractivity contribution is -0.137. The van der Waals surface area contributed by atoms with Crippen molar-refractivity contribution in [3.8, 4) is 10.6 Å². The minimum Gasteiger partial charge on any atom is -0.329 e. The van der Waals surface area contributed by atoms with Crippen molar-refractivity contribution in [2.75, 3.05) is 18.4 Å². The number of benzene rings is 1. The first-order valence-electron chi connectivity index (χ1n) is 8.96. The van der Waals surface area contributed by atoms with Crippen LogP contribution in [0.2, 0.25) is 0 Å². The van der Waals surface area contributed by atoms with Gasteiger partial charge in [-0.3, -0.25) is 9.59 Å². The molecular formula is C20H18F3N3O2S2. The van der Waals surface area contributed by atoms with Crippen LogP contribution < -0.4 is 5.32 Å². The van der Waals surface area contributed by atoms with Gasteiger partial charge in [-0.05, 0) is 37.4 Å². The number of halogens is 3. The molecule has 0 aliphatic rings. The summed E-state index contributed by atoms with van der Waals surface area (Å²) >= 11 is 2.75. The SMILES string of the molecule is CCN(CC(=O)Nc1ccccc1C(F)(F)F)C(=O)c1sc(-c2ccsc2)nc1C. The van der Waals surface area contributed by atoms with Gasteiger partial charge in [0, 0.05) is 17.5 Å². The maximum atomic E-state index is 13.1. The maximum Gasteiger partial charge on any atom is 0.418 e. The number of aryl methyl sites for hydroxylation is 1. The van der Waals surface area contributed by atoms with E-state index in [0.29, 0.717) is 15.6 Å². The number of hydrogen-bond acceptors (Lipinski definition) is 5. The summed E-state index contributed by atoms with van der Waals surface area (Å²) < 4.78 is 39.4. The molecule has 0 fully saturated rings. The number of para-hydroxylation sites is 1. The fraction of sp³-hybridized carbons (Fsp3) is 0.250. The van der Waals surface area contributed by atoms with Crippen LogP contribution in [0.15, 0.2) is 41.1 Å². The smallest absolute Gasteiger partial charge is 0.329 e. The number of aromatic nitrogens is 1. The Morgan fingerprint density at radius 2 is 1.93 bits per heavy atom. The number of anilines is 1. The standard InChI is InChI=1S/C20H18F3N3O2S2/c1-3-26(10-16(27)25-15-7-5-4-6-14(15)20(21,22)23)19(28)17-12(2)24-18(30-17)13-8-9-29-11-13/h4-9,11H,3,10H2,1-2H3,(H,25,27). The van der Waals surface area contributed by atoms with Crippen LogP contribution in [-0.2, 0) is 11.0 Å². The third kappa shape index (κ3) is 4.88. The van der Waals surface area contributed by atoms with Crippen molar-refractivity contribution in [1.29, 1.82) is 0 Å². The van der Waals surface area contributed by atoms with Gasteiger partial charge in [0.1, 0.15) is 16.4 Å². The first-order chi connectivity index (χ1) is 14.2. The maximum absolute atomic E-state index is 13.1. The fourth-order valence-electron chi connectivity index (χ4n) is 2.78. The van der Waals surface area contributed by atoms with Crippen LogP contribution in [0.5, 0.6) is 0 Å². The number of carbonyl (C=O) groups excluding carboxylic acids is 2. The van der Waals surface area contributed by atoms with Crippen LogP contribution in [-0.4, -0.2) is 34.8 Å². The normalized spacial score (nSPS) is 11.4. The Kier molecular flexibility index (Phi) is 6.57. The Bertz CT molecular complexity index is 1050. The number of alkyl halides is 3. The molecule has 0 saturated carbocycles. The predicted molar refractivity (Wildman–Crippen MR) is 112 cm³/mol. The van der Waals surface area contributed by atoms with Crippen molar-refractivity contribution >= 4 is 40.2 Å². The molecule has 3 rings (SSSR count). The van der Waals surface area contributed by atoms with Gasteiger partial charge in [-0.25, -0.2) is 4.98 Å². The summed E-state index contributed by atoms with van der Waals surface area (Å²) in [4.78, 5) is 31.4. The van der Waals surface area contributed by atoms with E-state index in [0.717, 1.165) is 11.6 Å². The molecule has 2 aromatic heterocycles. The molecule has 0 radical (unpaired) electrons. The molecule has 5 nitrogen and oxygen atoms in total. The van der Waals surface area contributed by atoms with Gasteiger partial charge in [0.05, 0.1) is 16.9 Å². The number of likely N-dealkylation sites (N-methyl/N-ethyl adjacent to an activating group) is 1. The highest BCUT2D eigenvalue weighted by atomic mass is 32.1. The summed E-state index contributed by atoms with van der Waals surface area (Å²) in [5.74, 6) is -1.09. The zero-order valence-electron chi connectivity index (χ0n) is 16.1. The molecule has 0 bridgehead atoms. The fourth-order valence-corrected chi connectivity index (χ4v) is 4.52. The van der Waals surface area contributed by atoms with E-state index in [1.807, 2.05) is 16.8 Å². The number of nitrogens with one attached hydrogen (secondary N) is 1. The van der Waals surface area contributed by atoms with Gasteiger partial charge in [-0.1, -0.05) is 12.1 Å². The molecule has 0 unspecified atom stereocenters. The molecule has 3 aromatic rings. The summed E-state index contributed by atoms with van der Waals surface area (Å²) in [6, 6.07) is 6.63. The number of nitrogens with zero attached hydrogens (tertiary/aromatic N) is 2. The Morgan fingerprint density at radius 1 is 1.20 bits per heavy atom. The number of thiophene rings is 1. The summed E-state index contributed by atoms with van der Waals surface area (Å²) in [5.41, 5.74) is 0.183. The van der Waals surface area contributed by atoms with Crippen LogP contribution >= 0.6 is 22.7 Å². The molecular weight excluding hydrogens is 435 g/mol. The largest absolute Gasteiger partial charge is 0.418 e. The number of amides is 2. The summed E-state index contributed by atoms with van der Waals surface area (Å²) in [5, 5.41) is 6.81. The number of thiazole rings is 1. The molecule has 1 N–H and O–H groups in total. The van der Waals surface area contributed by atoms with E-state index in [1.165, 1.54) is 45.8 Å². The first kappa shape index (κ1) is 22.0. The zero-order valence-corrected chi connectivity index (χ0v) is 17.7. The molecule has 158 valence electrons. The Balaban J connectivity index is 1.75. The first-order valence-corrected chi connectivity index (χ1v) is 10.7. The molecule has 10 heteroatoms. The van der Waals surface area contributed by atoms with E-state index in [9.17, 15) is 22.8 Å². The third-order valence-electron chi connectivity index (χ3n) is 4.27. The Morgan fingerprint density at radius 3 is 2.57 bits per heavy atom. The Hall–Kier alpha value is -2.72. The van der Waals surface area contributed by atoms with Gasteiger partial charge in [0.2, 0.25) is 5.91 Å². The summed E-state index contributed by atoms with van der Waals surface area (Å²) in [6.45, 7) is 3.27. The topological polar surface area (TPSA) is 62.3 Å². The second kappa shape index (κ2) is 8.97. The molecule has 30 heavy (non-hydrogen) atoms. The van der Waals surface area contributed by atoms with Crippen molar-refractivity contribution in [2.24, 2.45) is 0 Å². The quantitative estimate of drug-likeness (QED) is 0.551. The van der Waals surface area contributed by atoms with E-state index in [-0.39, 0.29) is 24.7 Å². The highest BCUT2D eigenvalue weighted by Gasteiger charge is 2.33. The van der Waals surface area contributed by atoms with Crippen LogP contribution in [0.25, 0.3) is 10.6 Å². The van der Waals surface area contributed by atoms with Crippen LogP contribution in [0.3, 0.4) is 0 Å². The molecule has 1 aromatic carbocycles. The second-order valence-corrected chi connectivity index (χ2v) is 8.14. The van der Waals surface area contributed by atoms with Gasteiger partial charge < -0.3 is 10.2 Å². The van der Waals surface area contributed by atoms with Gasteiger partial charge in [-0.15, -0.1) is 11.3 Å². The molecule has 0 aliphatic carbocycles. The molecule has 2 amide bonds. The van der Waals surface area contributed by atoms with Crippen molar-refractivity contribution < 1.29 is 22.8 Å². The minimum atomic E-state index is -4.60. The van der Waals surface area contributed by atoms with Gasteiger partial charge in [-0.2, -0.15) is 24.5 Å². The lowest BCUT2D eigenvalue weighted by Gasteiger charge is -2.20. The van der Waals surface area contributed by atoms with Crippen molar-refractivity contribution in [1.82, 2.24) is 9.88 Å². The van der Waals surface area contributed by atoms with Crippen LogP contribution in [0.1, 0.15) is 27.9 Å². The minimum absolute atomic E-state index is 0.221.